The Morgan fingerprint density at radius 2 is 2.12 bits per heavy atom. The lowest BCUT2D eigenvalue weighted by Gasteiger charge is -2.16. The summed E-state index contributed by atoms with van der Waals surface area (Å²) < 4.78 is 0. The first kappa shape index (κ1) is 11.4. The molecule has 2 unspecified atom stereocenters. The molecule has 1 aromatic rings. The highest BCUT2D eigenvalue weighted by molar-refractivity contribution is 7.80. The maximum Gasteiger partial charge on any atom is 0.106 e. The van der Waals surface area contributed by atoms with Gasteiger partial charge in [0.05, 0.1) is 0 Å². The molecular weight excluding hydrogens is 216 g/mol. The summed E-state index contributed by atoms with van der Waals surface area (Å²) in [6.07, 6.45) is 3.80. The highest BCUT2D eigenvalue weighted by Gasteiger charge is 2.21. The lowest BCUT2D eigenvalue weighted by molar-refractivity contribution is 0.602. The van der Waals surface area contributed by atoms with Crippen LogP contribution in [0.5, 0.6) is 0 Å². The molecule has 0 bridgehead atoms. The molecule has 0 heterocycles. The van der Waals surface area contributed by atoms with Crippen LogP contribution in [0.4, 0.5) is 5.69 Å². The molecule has 0 spiro atoms. The van der Waals surface area contributed by atoms with Gasteiger partial charge >= 0.3 is 0 Å². The number of benzene rings is 1. The number of hydrogen-bond donors (Lipinski definition) is 2. The van der Waals surface area contributed by atoms with E-state index in [0.717, 1.165) is 17.2 Å². The number of para-hydroxylation sites is 1. The van der Waals surface area contributed by atoms with Crippen molar-refractivity contribution in [1.82, 2.24) is 0 Å². The lowest BCUT2D eigenvalue weighted by Crippen LogP contribution is -2.19. The normalized spacial score (nSPS) is 24.3. The molecule has 0 amide bonds. The summed E-state index contributed by atoms with van der Waals surface area (Å²) in [6.45, 7) is 2.31. The average Bonchev–Trinajstić information content (AvgIpc) is 2.64. The summed E-state index contributed by atoms with van der Waals surface area (Å²) in [7, 11) is 0. The Labute approximate surface area is 102 Å². The molecule has 1 fully saturated rings. The van der Waals surface area contributed by atoms with Crippen LogP contribution in [-0.4, -0.2) is 11.0 Å². The predicted octanol–water partition coefficient (Wildman–Crippen LogP) is 2.92. The molecule has 1 saturated carbocycles. The zero-order valence-corrected chi connectivity index (χ0v) is 10.4. The zero-order chi connectivity index (χ0) is 11.5. The number of nitrogens with one attached hydrogen (secondary N) is 1. The van der Waals surface area contributed by atoms with Gasteiger partial charge in [-0.2, -0.15) is 0 Å². The van der Waals surface area contributed by atoms with Crippen LogP contribution < -0.4 is 11.1 Å². The first-order valence-corrected chi connectivity index (χ1v) is 6.23. The molecule has 2 nitrogen and oxygen atoms in total. The fraction of sp³-hybridized carbons (Fsp3) is 0.462. The molecule has 0 saturated heterocycles. The van der Waals surface area contributed by atoms with Gasteiger partial charge in [-0.15, -0.1) is 0 Å². The second-order valence-corrected chi connectivity index (χ2v) is 5.11. The molecular formula is C13H18N2S. The number of anilines is 1. The molecule has 3 N–H and O–H groups in total. The number of thiocarbonyl (C=S) groups is 1. The summed E-state index contributed by atoms with van der Waals surface area (Å²) in [5.41, 5.74) is 7.74. The van der Waals surface area contributed by atoms with Gasteiger partial charge in [0.15, 0.2) is 0 Å². The fourth-order valence-electron chi connectivity index (χ4n) is 2.38. The Morgan fingerprint density at radius 3 is 2.75 bits per heavy atom. The van der Waals surface area contributed by atoms with Gasteiger partial charge in [0, 0.05) is 17.3 Å². The van der Waals surface area contributed by atoms with Crippen LogP contribution in [-0.2, 0) is 0 Å². The van der Waals surface area contributed by atoms with Crippen molar-refractivity contribution >= 4 is 22.9 Å². The van der Waals surface area contributed by atoms with E-state index in [-0.39, 0.29) is 0 Å². The van der Waals surface area contributed by atoms with Crippen molar-refractivity contribution in [3.05, 3.63) is 29.8 Å². The number of hydrogen-bond acceptors (Lipinski definition) is 2. The zero-order valence-electron chi connectivity index (χ0n) is 9.57. The smallest absolute Gasteiger partial charge is 0.106 e. The van der Waals surface area contributed by atoms with E-state index < -0.39 is 0 Å². The molecule has 2 atom stereocenters. The number of rotatable bonds is 3. The Balaban J connectivity index is 2.12. The van der Waals surface area contributed by atoms with Crippen molar-refractivity contribution < 1.29 is 0 Å². The van der Waals surface area contributed by atoms with E-state index in [9.17, 15) is 0 Å². The van der Waals surface area contributed by atoms with Gasteiger partial charge in [-0.25, -0.2) is 0 Å². The van der Waals surface area contributed by atoms with E-state index in [1.807, 2.05) is 18.2 Å². The van der Waals surface area contributed by atoms with Crippen molar-refractivity contribution in [2.75, 3.05) is 5.32 Å². The van der Waals surface area contributed by atoms with Gasteiger partial charge in [0.2, 0.25) is 0 Å². The van der Waals surface area contributed by atoms with E-state index in [4.69, 9.17) is 18.0 Å². The van der Waals surface area contributed by atoms with Crippen molar-refractivity contribution in [3.63, 3.8) is 0 Å². The third-order valence-corrected chi connectivity index (χ3v) is 3.47. The largest absolute Gasteiger partial charge is 0.389 e. The van der Waals surface area contributed by atoms with Gasteiger partial charge < -0.3 is 11.1 Å². The Morgan fingerprint density at radius 1 is 1.38 bits per heavy atom. The Kier molecular flexibility index (Phi) is 3.44. The quantitative estimate of drug-likeness (QED) is 0.790. The van der Waals surface area contributed by atoms with Gasteiger partial charge in [-0.1, -0.05) is 31.3 Å². The standard InChI is InChI=1S/C13H18N2S/c1-9-6-7-10(8-9)15-12-5-3-2-4-11(12)13(14)16/h2-5,9-10,15H,6-8H2,1H3,(H2,14,16). The highest BCUT2D eigenvalue weighted by Crippen LogP contribution is 2.28. The van der Waals surface area contributed by atoms with Crippen LogP contribution in [0.15, 0.2) is 24.3 Å². The third-order valence-electron chi connectivity index (χ3n) is 3.25. The minimum absolute atomic E-state index is 0.467. The molecule has 0 radical (unpaired) electrons. The molecule has 1 aromatic carbocycles. The second kappa shape index (κ2) is 4.83. The monoisotopic (exact) mass is 234 g/mol. The van der Waals surface area contributed by atoms with E-state index in [1.54, 1.807) is 0 Å². The third kappa shape index (κ3) is 2.53. The van der Waals surface area contributed by atoms with Crippen LogP contribution in [0.25, 0.3) is 0 Å². The topological polar surface area (TPSA) is 38.0 Å². The molecule has 86 valence electrons. The van der Waals surface area contributed by atoms with E-state index >= 15 is 0 Å². The second-order valence-electron chi connectivity index (χ2n) is 4.67. The van der Waals surface area contributed by atoms with Crippen LogP contribution in [0.3, 0.4) is 0 Å². The lowest BCUT2D eigenvalue weighted by atomic mass is 10.1. The summed E-state index contributed by atoms with van der Waals surface area (Å²) in [5.74, 6) is 0.828. The molecule has 1 aliphatic rings. The maximum atomic E-state index is 5.71. The van der Waals surface area contributed by atoms with Crippen molar-refractivity contribution in [1.29, 1.82) is 0 Å². The van der Waals surface area contributed by atoms with E-state index in [1.165, 1.54) is 19.3 Å². The molecule has 16 heavy (non-hydrogen) atoms. The Hall–Kier alpha value is -1.09. The first-order chi connectivity index (χ1) is 7.66. The molecule has 3 heteroatoms. The number of nitrogens with two attached hydrogens (primary N) is 1. The maximum absolute atomic E-state index is 5.71. The van der Waals surface area contributed by atoms with Crippen LogP contribution in [0.1, 0.15) is 31.7 Å². The fourth-order valence-corrected chi connectivity index (χ4v) is 2.56. The van der Waals surface area contributed by atoms with Crippen molar-refractivity contribution in [2.24, 2.45) is 11.7 Å². The molecule has 2 rings (SSSR count). The van der Waals surface area contributed by atoms with Gasteiger partial charge in [0.1, 0.15) is 4.99 Å². The summed E-state index contributed by atoms with van der Waals surface area (Å²) >= 11 is 5.05. The average molecular weight is 234 g/mol. The van der Waals surface area contributed by atoms with Gasteiger partial charge in [-0.05, 0) is 37.3 Å². The highest BCUT2D eigenvalue weighted by atomic mass is 32.1. The van der Waals surface area contributed by atoms with Gasteiger partial charge in [-0.3, -0.25) is 0 Å². The minimum atomic E-state index is 0.467. The SMILES string of the molecule is CC1CCC(Nc2ccccc2C(N)=S)C1. The first-order valence-electron chi connectivity index (χ1n) is 5.82. The Bertz CT molecular complexity index is 389. The van der Waals surface area contributed by atoms with E-state index in [2.05, 4.69) is 18.3 Å². The molecule has 1 aliphatic carbocycles. The summed E-state index contributed by atoms with van der Waals surface area (Å²) in [4.78, 5) is 0.467. The minimum Gasteiger partial charge on any atom is -0.389 e. The van der Waals surface area contributed by atoms with Gasteiger partial charge in [0.25, 0.3) is 0 Å². The summed E-state index contributed by atoms with van der Waals surface area (Å²) in [5, 5.41) is 3.55. The van der Waals surface area contributed by atoms with Crippen molar-refractivity contribution in [3.8, 4) is 0 Å². The van der Waals surface area contributed by atoms with Crippen LogP contribution in [0, 0.1) is 5.92 Å². The molecule has 0 aromatic heterocycles. The predicted molar refractivity (Wildman–Crippen MR) is 72.8 cm³/mol. The van der Waals surface area contributed by atoms with E-state index in [0.29, 0.717) is 11.0 Å². The van der Waals surface area contributed by atoms with Crippen LogP contribution in [0.2, 0.25) is 0 Å². The van der Waals surface area contributed by atoms with Crippen LogP contribution >= 0.6 is 12.2 Å². The van der Waals surface area contributed by atoms with Crippen molar-refractivity contribution in [2.45, 2.75) is 32.2 Å². The summed E-state index contributed by atoms with van der Waals surface area (Å²) in [6, 6.07) is 8.59. The molecule has 0 aliphatic heterocycles.